The molecule has 1 unspecified atom stereocenters. The fourth-order valence-electron chi connectivity index (χ4n) is 2.74. The zero-order valence-electron chi connectivity index (χ0n) is 9.98. The lowest BCUT2D eigenvalue weighted by atomic mass is 9.96. The number of β-amino-alcohol motifs (C(OH)–C–C–N with tert-alkyl or cyclic N) is 1. The number of thiophene rings is 1. The van der Waals surface area contributed by atoms with Gasteiger partial charge in [-0.3, -0.25) is 9.69 Å². The molecule has 1 saturated heterocycles. The van der Waals surface area contributed by atoms with Crippen LogP contribution in [0.25, 0.3) is 0 Å². The molecule has 0 aromatic carbocycles. The number of hydrogen-bond acceptors (Lipinski definition) is 4. The molecule has 1 aliphatic carbocycles. The first kappa shape index (κ1) is 11.7. The van der Waals surface area contributed by atoms with Gasteiger partial charge >= 0.3 is 0 Å². The summed E-state index contributed by atoms with van der Waals surface area (Å²) in [6, 6.07) is 2.25. The van der Waals surface area contributed by atoms with Gasteiger partial charge in [0.2, 0.25) is 5.91 Å². The summed E-state index contributed by atoms with van der Waals surface area (Å²) in [4.78, 5) is 14.7. The van der Waals surface area contributed by atoms with Gasteiger partial charge in [-0.1, -0.05) is 0 Å². The van der Waals surface area contributed by atoms with E-state index >= 15 is 0 Å². The van der Waals surface area contributed by atoms with Gasteiger partial charge in [0.25, 0.3) is 0 Å². The summed E-state index contributed by atoms with van der Waals surface area (Å²) < 4.78 is 0. The molecule has 1 amide bonds. The third-order valence-electron chi connectivity index (χ3n) is 3.61. The molecule has 1 aromatic heterocycles. The lowest BCUT2D eigenvalue weighted by Crippen LogP contribution is -2.25. The van der Waals surface area contributed by atoms with Crippen LogP contribution in [0.15, 0.2) is 0 Å². The number of amides is 1. The van der Waals surface area contributed by atoms with Crippen molar-refractivity contribution in [3.8, 4) is 6.07 Å². The molecule has 2 heterocycles. The van der Waals surface area contributed by atoms with Crippen LogP contribution in [-0.4, -0.2) is 23.7 Å². The van der Waals surface area contributed by atoms with Gasteiger partial charge in [0.15, 0.2) is 0 Å². The Morgan fingerprint density at radius 3 is 2.83 bits per heavy atom. The number of hydrogen-bond donors (Lipinski definition) is 1. The highest BCUT2D eigenvalue weighted by atomic mass is 32.1. The average Bonchev–Trinajstić information content (AvgIpc) is 2.88. The Labute approximate surface area is 109 Å². The molecule has 0 saturated carbocycles. The van der Waals surface area contributed by atoms with Crippen molar-refractivity contribution >= 4 is 22.2 Å². The first-order valence-electron chi connectivity index (χ1n) is 6.23. The van der Waals surface area contributed by atoms with Gasteiger partial charge in [0.05, 0.1) is 24.6 Å². The van der Waals surface area contributed by atoms with Crippen LogP contribution in [0.1, 0.15) is 35.3 Å². The first-order chi connectivity index (χ1) is 8.70. The Balaban J connectivity index is 2.05. The van der Waals surface area contributed by atoms with Crippen molar-refractivity contribution < 1.29 is 9.90 Å². The summed E-state index contributed by atoms with van der Waals surface area (Å²) in [6.45, 7) is 0.326. The molecule has 1 aliphatic heterocycles. The third kappa shape index (κ3) is 1.73. The largest absolute Gasteiger partial charge is 0.391 e. The van der Waals surface area contributed by atoms with Gasteiger partial charge in [0, 0.05) is 4.88 Å². The number of fused-ring (bicyclic) bond motifs is 1. The maximum Gasteiger partial charge on any atom is 0.230 e. The number of rotatable bonds is 1. The Kier molecular flexibility index (Phi) is 2.84. The molecule has 1 aromatic rings. The molecule has 2 aliphatic rings. The van der Waals surface area contributed by atoms with Crippen LogP contribution in [0.3, 0.4) is 0 Å². The molecule has 0 radical (unpaired) electrons. The summed E-state index contributed by atoms with van der Waals surface area (Å²) in [5.41, 5.74) is 1.80. The Morgan fingerprint density at radius 1 is 1.39 bits per heavy atom. The monoisotopic (exact) mass is 262 g/mol. The number of carbonyl (C=O) groups is 1. The fraction of sp³-hybridized carbons (Fsp3) is 0.538. The summed E-state index contributed by atoms with van der Waals surface area (Å²) in [5, 5.41) is 19.6. The van der Waals surface area contributed by atoms with E-state index in [1.54, 1.807) is 16.2 Å². The highest BCUT2D eigenvalue weighted by molar-refractivity contribution is 7.16. The molecular weight excluding hydrogens is 248 g/mol. The smallest absolute Gasteiger partial charge is 0.230 e. The topological polar surface area (TPSA) is 64.3 Å². The van der Waals surface area contributed by atoms with Crippen molar-refractivity contribution in [1.82, 2.24) is 0 Å². The second-order valence-electron chi connectivity index (χ2n) is 4.87. The fourth-order valence-corrected chi connectivity index (χ4v) is 4.11. The number of aliphatic hydroxyl groups excluding tert-OH is 1. The molecule has 94 valence electrons. The van der Waals surface area contributed by atoms with Gasteiger partial charge in [-0.15, -0.1) is 11.3 Å². The third-order valence-corrected chi connectivity index (χ3v) is 4.93. The maximum absolute atomic E-state index is 11.8. The van der Waals surface area contributed by atoms with Crippen molar-refractivity contribution in [3.63, 3.8) is 0 Å². The van der Waals surface area contributed by atoms with E-state index < -0.39 is 6.10 Å². The van der Waals surface area contributed by atoms with Gasteiger partial charge in [-0.2, -0.15) is 5.26 Å². The summed E-state index contributed by atoms with van der Waals surface area (Å²) >= 11 is 1.56. The predicted molar refractivity (Wildman–Crippen MR) is 68.7 cm³/mol. The quantitative estimate of drug-likeness (QED) is 0.836. The normalized spacial score (nSPS) is 23.0. The van der Waals surface area contributed by atoms with Crippen molar-refractivity contribution in [2.45, 2.75) is 38.2 Å². The Hall–Kier alpha value is -1.38. The first-order valence-corrected chi connectivity index (χ1v) is 7.05. The highest BCUT2D eigenvalue weighted by Crippen LogP contribution is 2.41. The van der Waals surface area contributed by atoms with Crippen molar-refractivity contribution in [1.29, 1.82) is 5.26 Å². The number of nitriles is 1. The highest BCUT2D eigenvalue weighted by Gasteiger charge is 2.33. The van der Waals surface area contributed by atoms with Crippen molar-refractivity contribution in [2.24, 2.45) is 0 Å². The SMILES string of the molecule is N#Cc1c(N2CC(O)CC2=O)sc2c1CCCC2. The lowest BCUT2D eigenvalue weighted by Gasteiger charge is -2.13. The second-order valence-corrected chi connectivity index (χ2v) is 5.95. The van der Waals surface area contributed by atoms with Crippen LogP contribution in [-0.2, 0) is 17.6 Å². The van der Waals surface area contributed by atoms with Crippen LogP contribution in [0.2, 0.25) is 0 Å². The van der Waals surface area contributed by atoms with E-state index in [-0.39, 0.29) is 12.3 Å². The van der Waals surface area contributed by atoms with E-state index in [2.05, 4.69) is 6.07 Å². The lowest BCUT2D eigenvalue weighted by molar-refractivity contribution is -0.117. The van der Waals surface area contributed by atoms with Crippen molar-refractivity contribution in [3.05, 3.63) is 16.0 Å². The molecule has 0 bridgehead atoms. The number of nitrogens with zero attached hydrogens (tertiary/aromatic N) is 2. The van der Waals surface area contributed by atoms with Gasteiger partial charge in [-0.05, 0) is 31.2 Å². The zero-order valence-corrected chi connectivity index (χ0v) is 10.8. The molecule has 4 nitrogen and oxygen atoms in total. The number of carbonyl (C=O) groups excluding carboxylic acids is 1. The van der Waals surface area contributed by atoms with Crippen molar-refractivity contribution in [2.75, 3.05) is 11.4 Å². The van der Waals surface area contributed by atoms with E-state index in [0.717, 1.165) is 36.2 Å². The van der Waals surface area contributed by atoms with E-state index in [9.17, 15) is 15.2 Å². The van der Waals surface area contributed by atoms with Crippen LogP contribution < -0.4 is 4.90 Å². The molecule has 5 heteroatoms. The molecule has 3 rings (SSSR count). The zero-order chi connectivity index (χ0) is 12.7. The molecule has 1 fully saturated rings. The van der Waals surface area contributed by atoms with E-state index in [1.165, 1.54) is 4.88 Å². The second kappa shape index (κ2) is 4.38. The van der Waals surface area contributed by atoms with Crippen LogP contribution in [0, 0.1) is 11.3 Å². The average molecular weight is 262 g/mol. The molecular formula is C13H14N2O2S. The molecule has 18 heavy (non-hydrogen) atoms. The van der Waals surface area contributed by atoms with Crippen LogP contribution in [0.4, 0.5) is 5.00 Å². The van der Waals surface area contributed by atoms with Crippen LogP contribution >= 0.6 is 11.3 Å². The predicted octanol–water partition coefficient (Wildman–Crippen LogP) is 1.60. The van der Waals surface area contributed by atoms with E-state index in [4.69, 9.17) is 0 Å². The van der Waals surface area contributed by atoms with Gasteiger partial charge in [-0.25, -0.2) is 0 Å². The van der Waals surface area contributed by atoms with Crippen LogP contribution in [0.5, 0.6) is 0 Å². The Bertz CT molecular complexity index is 544. The number of aliphatic hydroxyl groups is 1. The summed E-state index contributed by atoms with van der Waals surface area (Å²) in [6.07, 6.45) is 3.82. The minimum Gasteiger partial charge on any atom is -0.391 e. The minimum absolute atomic E-state index is 0.0717. The minimum atomic E-state index is -0.594. The number of aryl methyl sites for hydroxylation is 1. The maximum atomic E-state index is 11.8. The summed E-state index contributed by atoms with van der Waals surface area (Å²) in [5.74, 6) is -0.0717. The van der Waals surface area contributed by atoms with Gasteiger partial charge in [0.1, 0.15) is 11.1 Å². The molecule has 0 spiro atoms. The summed E-state index contributed by atoms with van der Waals surface area (Å²) in [7, 11) is 0. The Morgan fingerprint density at radius 2 is 2.17 bits per heavy atom. The van der Waals surface area contributed by atoms with E-state index in [0.29, 0.717) is 12.1 Å². The molecule has 1 N–H and O–H groups in total. The standard InChI is InChI=1S/C13H14N2O2S/c14-6-10-9-3-1-2-4-11(9)18-13(10)15-7-8(16)5-12(15)17/h8,16H,1-5,7H2. The number of anilines is 1. The van der Waals surface area contributed by atoms with Gasteiger partial charge < -0.3 is 5.11 Å². The molecule has 1 atom stereocenters. The van der Waals surface area contributed by atoms with E-state index in [1.807, 2.05) is 0 Å².